The summed E-state index contributed by atoms with van der Waals surface area (Å²) in [6.07, 6.45) is 24.6. The molecule has 2 N–H and O–H groups in total. The molecule has 0 heterocycles. The topological polar surface area (TPSA) is 29.3 Å². The van der Waals surface area contributed by atoms with E-state index in [9.17, 15) is 0 Å². The van der Waals surface area contributed by atoms with Gasteiger partial charge in [0.05, 0.1) is 0 Å². The Hall–Kier alpha value is -0.0800. The Morgan fingerprint density at radius 2 is 0.833 bits per heavy atom. The quantitative estimate of drug-likeness (QED) is 0.255. The van der Waals surface area contributed by atoms with E-state index in [1.165, 1.54) is 116 Å². The largest absolute Gasteiger partial charge is 0.329 e. The molecule has 0 fully saturated rings. The number of unbranched alkanes of at least 4 members (excludes halogenated alkanes) is 16. The average molecular weight is 341 g/mol. The van der Waals surface area contributed by atoms with Crippen molar-refractivity contribution in [1.29, 1.82) is 0 Å². The van der Waals surface area contributed by atoms with Gasteiger partial charge in [-0.3, -0.25) is 0 Å². The van der Waals surface area contributed by atoms with Crippen LogP contribution in [0, 0.1) is 0 Å². The Morgan fingerprint density at radius 3 is 1.17 bits per heavy atom. The van der Waals surface area contributed by atoms with Crippen LogP contribution in [0.5, 0.6) is 0 Å². The van der Waals surface area contributed by atoms with Crippen LogP contribution in [-0.2, 0) is 0 Å². The van der Waals surface area contributed by atoms with Gasteiger partial charge in [0, 0.05) is 13.1 Å². The fraction of sp³-hybridized carbons (Fsp3) is 1.00. The zero-order valence-electron chi connectivity index (χ0n) is 17.2. The highest BCUT2D eigenvalue weighted by molar-refractivity contribution is 4.53. The first-order valence-electron chi connectivity index (χ1n) is 11.2. The first kappa shape index (κ1) is 23.9. The van der Waals surface area contributed by atoms with Gasteiger partial charge in [0.1, 0.15) is 0 Å². The molecule has 24 heavy (non-hydrogen) atoms. The van der Waals surface area contributed by atoms with Gasteiger partial charge in [-0.05, 0) is 20.0 Å². The van der Waals surface area contributed by atoms with E-state index in [1.807, 2.05) is 0 Å². The molecule has 0 aromatic rings. The van der Waals surface area contributed by atoms with Crippen LogP contribution in [-0.4, -0.2) is 31.6 Å². The van der Waals surface area contributed by atoms with Gasteiger partial charge in [0.15, 0.2) is 0 Å². The SMILES string of the molecule is CCCCCCCCCCCCCCCCCCCN(C)CCN. The van der Waals surface area contributed by atoms with Crippen LogP contribution in [0.1, 0.15) is 116 Å². The third-order valence-corrected chi connectivity index (χ3v) is 5.15. The number of hydrogen-bond donors (Lipinski definition) is 1. The first-order valence-corrected chi connectivity index (χ1v) is 11.2. The van der Waals surface area contributed by atoms with E-state index in [2.05, 4.69) is 18.9 Å². The zero-order chi connectivity index (χ0) is 17.7. The van der Waals surface area contributed by atoms with Gasteiger partial charge in [-0.1, -0.05) is 110 Å². The number of likely N-dealkylation sites (N-methyl/N-ethyl adjacent to an activating group) is 1. The maximum atomic E-state index is 5.55. The van der Waals surface area contributed by atoms with Gasteiger partial charge in [-0.2, -0.15) is 0 Å². The Balaban J connectivity index is 3.00. The molecule has 0 spiro atoms. The van der Waals surface area contributed by atoms with Crippen molar-refractivity contribution in [3.05, 3.63) is 0 Å². The molecule has 0 rings (SSSR count). The van der Waals surface area contributed by atoms with Crippen molar-refractivity contribution in [2.45, 2.75) is 116 Å². The highest BCUT2D eigenvalue weighted by Crippen LogP contribution is 2.14. The summed E-state index contributed by atoms with van der Waals surface area (Å²) in [6, 6.07) is 0. The smallest absolute Gasteiger partial charge is 0.0102 e. The number of hydrogen-bond acceptors (Lipinski definition) is 2. The Bertz CT molecular complexity index is 218. The van der Waals surface area contributed by atoms with E-state index in [0.717, 1.165) is 13.1 Å². The van der Waals surface area contributed by atoms with Crippen molar-refractivity contribution in [2.24, 2.45) is 5.73 Å². The standard InChI is InChI=1S/C22H48N2/c1-3-4-5-6-7-8-9-10-11-12-13-14-15-16-17-18-19-21-24(2)22-20-23/h3-23H2,1-2H3. The molecule has 0 bridgehead atoms. The molecule has 0 aromatic heterocycles. The van der Waals surface area contributed by atoms with E-state index in [1.54, 1.807) is 0 Å². The molecule has 0 amide bonds. The molecule has 0 radical (unpaired) electrons. The summed E-state index contributed by atoms with van der Waals surface area (Å²) in [5.74, 6) is 0. The van der Waals surface area contributed by atoms with E-state index >= 15 is 0 Å². The predicted molar refractivity (Wildman–Crippen MR) is 111 cm³/mol. The molecule has 0 aliphatic carbocycles. The first-order chi connectivity index (χ1) is 11.8. The van der Waals surface area contributed by atoms with E-state index in [-0.39, 0.29) is 0 Å². The summed E-state index contributed by atoms with van der Waals surface area (Å²) in [5.41, 5.74) is 5.55. The highest BCUT2D eigenvalue weighted by Gasteiger charge is 1.97. The molecular weight excluding hydrogens is 292 g/mol. The van der Waals surface area contributed by atoms with Crippen LogP contribution in [0.4, 0.5) is 0 Å². The molecule has 0 unspecified atom stereocenters. The lowest BCUT2D eigenvalue weighted by atomic mass is 10.0. The summed E-state index contributed by atoms with van der Waals surface area (Å²) in [4.78, 5) is 2.35. The molecule has 2 heteroatoms. The van der Waals surface area contributed by atoms with Crippen LogP contribution in [0.2, 0.25) is 0 Å². The lowest BCUT2D eigenvalue weighted by molar-refractivity contribution is 0.332. The molecule has 0 aromatic carbocycles. The van der Waals surface area contributed by atoms with Gasteiger partial charge in [-0.15, -0.1) is 0 Å². The van der Waals surface area contributed by atoms with Gasteiger partial charge < -0.3 is 10.6 Å². The van der Waals surface area contributed by atoms with Crippen molar-refractivity contribution in [3.63, 3.8) is 0 Å². The lowest BCUT2D eigenvalue weighted by Gasteiger charge is -2.14. The van der Waals surface area contributed by atoms with Crippen LogP contribution in [0.15, 0.2) is 0 Å². The van der Waals surface area contributed by atoms with Gasteiger partial charge in [0.25, 0.3) is 0 Å². The van der Waals surface area contributed by atoms with E-state index in [4.69, 9.17) is 5.73 Å². The van der Waals surface area contributed by atoms with Crippen LogP contribution in [0.3, 0.4) is 0 Å². The fourth-order valence-corrected chi connectivity index (χ4v) is 3.44. The van der Waals surface area contributed by atoms with Crippen molar-refractivity contribution in [1.82, 2.24) is 4.90 Å². The molecular formula is C22H48N2. The summed E-state index contributed by atoms with van der Waals surface area (Å²) >= 11 is 0. The molecule has 146 valence electrons. The lowest BCUT2D eigenvalue weighted by Crippen LogP contribution is -2.26. The van der Waals surface area contributed by atoms with E-state index in [0.29, 0.717) is 0 Å². The number of nitrogens with zero attached hydrogens (tertiary/aromatic N) is 1. The predicted octanol–water partition coefficient (Wildman–Crippen LogP) is 6.53. The Labute approximate surface area is 154 Å². The average Bonchev–Trinajstić information content (AvgIpc) is 2.58. The molecule has 0 aliphatic heterocycles. The summed E-state index contributed by atoms with van der Waals surface area (Å²) in [7, 11) is 2.18. The summed E-state index contributed by atoms with van der Waals surface area (Å²) in [5, 5.41) is 0. The second-order valence-electron chi connectivity index (χ2n) is 7.75. The molecule has 0 saturated carbocycles. The van der Waals surface area contributed by atoms with Crippen molar-refractivity contribution in [3.8, 4) is 0 Å². The second kappa shape index (κ2) is 21.0. The van der Waals surface area contributed by atoms with Crippen LogP contribution in [0.25, 0.3) is 0 Å². The molecule has 0 aliphatic rings. The van der Waals surface area contributed by atoms with Gasteiger partial charge in [-0.25, -0.2) is 0 Å². The van der Waals surface area contributed by atoms with Crippen molar-refractivity contribution < 1.29 is 0 Å². The normalized spacial score (nSPS) is 11.5. The summed E-state index contributed by atoms with van der Waals surface area (Å²) in [6.45, 7) is 5.34. The third-order valence-electron chi connectivity index (χ3n) is 5.15. The number of nitrogens with two attached hydrogens (primary N) is 1. The van der Waals surface area contributed by atoms with Crippen LogP contribution >= 0.6 is 0 Å². The Kier molecular flexibility index (Phi) is 20.9. The second-order valence-corrected chi connectivity index (χ2v) is 7.75. The Morgan fingerprint density at radius 1 is 0.500 bits per heavy atom. The van der Waals surface area contributed by atoms with Crippen molar-refractivity contribution >= 4 is 0 Å². The maximum absolute atomic E-state index is 5.55. The third kappa shape index (κ3) is 20.0. The van der Waals surface area contributed by atoms with Crippen molar-refractivity contribution in [2.75, 3.05) is 26.7 Å². The fourth-order valence-electron chi connectivity index (χ4n) is 3.44. The minimum absolute atomic E-state index is 0.787. The molecule has 2 nitrogen and oxygen atoms in total. The highest BCUT2D eigenvalue weighted by atomic mass is 15.1. The monoisotopic (exact) mass is 340 g/mol. The van der Waals surface area contributed by atoms with Gasteiger partial charge in [0.2, 0.25) is 0 Å². The summed E-state index contributed by atoms with van der Waals surface area (Å²) < 4.78 is 0. The maximum Gasteiger partial charge on any atom is 0.0102 e. The minimum atomic E-state index is 0.787. The van der Waals surface area contributed by atoms with Crippen LogP contribution < -0.4 is 5.73 Å². The van der Waals surface area contributed by atoms with E-state index < -0.39 is 0 Å². The molecule has 0 saturated heterocycles. The van der Waals surface area contributed by atoms with Gasteiger partial charge >= 0.3 is 0 Å². The minimum Gasteiger partial charge on any atom is -0.329 e. The zero-order valence-corrected chi connectivity index (χ0v) is 17.2. The number of rotatable bonds is 20. The molecule has 0 atom stereocenters.